The van der Waals surface area contributed by atoms with Gasteiger partial charge in [0.25, 0.3) is 0 Å². The average molecular weight is 503 g/mol. The predicted molar refractivity (Wildman–Crippen MR) is 129 cm³/mol. The number of allylic oxidation sites excluding steroid dienone is 1. The molecule has 162 valence electrons. The van der Waals surface area contributed by atoms with Crippen molar-refractivity contribution >= 4 is 56.6 Å². The molecule has 1 aliphatic heterocycles. The van der Waals surface area contributed by atoms with E-state index >= 15 is 0 Å². The second-order valence-electron chi connectivity index (χ2n) is 6.87. The zero-order valence-corrected chi connectivity index (χ0v) is 19.8. The van der Waals surface area contributed by atoms with Crippen molar-refractivity contribution in [1.82, 2.24) is 10.2 Å². The molecule has 3 rings (SSSR count). The van der Waals surface area contributed by atoms with Gasteiger partial charge in [-0.05, 0) is 68.0 Å². The Balaban J connectivity index is 1.83. The third-order valence-electron chi connectivity index (χ3n) is 4.83. The van der Waals surface area contributed by atoms with Gasteiger partial charge < -0.3 is 25.6 Å². The van der Waals surface area contributed by atoms with Crippen molar-refractivity contribution in [2.24, 2.45) is 0 Å². The Bertz CT molecular complexity index is 1040. The van der Waals surface area contributed by atoms with Gasteiger partial charge in [0.05, 0.1) is 18.2 Å². The quantitative estimate of drug-likeness (QED) is 0.402. The highest BCUT2D eigenvalue weighted by molar-refractivity contribution is 9.10. The van der Waals surface area contributed by atoms with Crippen molar-refractivity contribution in [1.29, 1.82) is 0 Å². The maximum absolute atomic E-state index is 12.7. The molecule has 9 heteroatoms. The molecule has 1 atom stereocenters. The number of nitrogens with zero attached hydrogens (tertiary/aromatic N) is 1. The molecule has 3 N–H and O–H groups in total. The number of anilines is 2. The minimum atomic E-state index is -0.487. The van der Waals surface area contributed by atoms with Gasteiger partial charge in [-0.15, -0.1) is 0 Å². The van der Waals surface area contributed by atoms with Gasteiger partial charge in [0.15, 0.2) is 5.11 Å². The molecule has 2 aromatic carbocycles. The summed E-state index contributed by atoms with van der Waals surface area (Å²) in [5.74, 6) is -0.404. The molecule has 0 radical (unpaired) electrons. The highest BCUT2D eigenvalue weighted by Crippen LogP contribution is 2.32. The number of hydrogen-bond acceptors (Lipinski definition) is 4. The SMILES string of the molecule is CCOC(=O)C1=C(C)N(C)C(=S)NC1c1cccc(NC(=O)Nc2ccc(Br)cc2)c1. The third-order valence-corrected chi connectivity index (χ3v) is 5.75. The molecule has 0 aliphatic carbocycles. The van der Waals surface area contributed by atoms with Crippen LogP contribution in [0.15, 0.2) is 64.3 Å². The van der Waals surface area contributed by atoms with Crippen LogP contribution in [0.5, 0.6) is 0 Å². The van der Waals surface area contributed by atoms with E-state index in [4.69, 9.17) is 17.0 Å². The molecule has 0 aromatic heterocycles. The van der Waals surface area contributed by atoms with Gasteiger partial charge in [-0.25, -0.2) is 9.59 Å². The number of benzene rings is 2. The molecule has 0 saturated heterocycles. The molecule has 0 saturated carbocycles. The lowest BCUT2D eigenvalue weighted by Gasteiger charge is -2.35. The topological polar surface area (TPSA) is 82.7 Å². The van der Waals surface area contributed by atoms with Crippen LogP contribution >= 0.6 is 28.1 Å². The summed E-state index contributed by atoms with van der Waals surface area (Å²) < 4.78 is 6.19. The molecule has 0 bridgehead atoms. The summed E-state index contributed by atoms with van der Waals surface area (Å²) in [6, 6.07) is 13.7. The van der Waals surface area contributed by atoms with Crippen molar-refractivity contribution in [3.63, 3.8) is 0 Å². The number of nitrogens with one attached hydrogen (secondary N) is 3. The van der Waals surface area contributed by atoms with Crippen molar-refractivity contribution in [2.45, 2.75) is 19.9 Å². The molecule has 7 nitrogen and oxygen atoms in total. The third kappa shape index (κ3) is 5.42. The first kappa shape index (κ1) is 22.8. The van der Waals surface area contributed by atoms with Crippen molar-refractivity contribution in [2.75, 3.05) is 24.3 Å². The summed E-state index contributed by atoms with van der Waals surface area (Å²) in [5, 5.41) is 9.30. The lowest BCUT2D eigenvalue weighted by atomic mass is 9.95. The second kappa shape index (κ2) is 9.93. The molecule has 2 amide bonds. The van der Waals surface area contributed by atoms with Crippen LogP contribution in [0.25, 0.3) is 0 Å². The van der Waals surface area contributed by atoms with Crippen LogP contribution in [0.1, 0.15) is 25.5 Å². The molecular weight excluding hydrogens is 480 g/mol. The van der Waals surface area contributed by atoms with Gasteiger partial charge in [0.1, 0.15) is 0 Å². The molecular formula is C22H23BrN4O3S. The number of hydrogen-bond donors (Lipinski definition) is 3. The molecule has 2 aromatic rings. The van der Waals surface area contributed by atoms with Crippen LogP contribution in [-0.4, -0.2) is 35.7 Å². The Kier molecular flexibility index (Phi) is 7.29. The number of esters is 1. The summed E-state index contributed by atoms with van der Waals surface area (Å²) in [6.07, 6.45) is 0. The largest absolute Gasteiger partial charge is 0.463 e. The fourth-order valence-electron chi connectivity index (χ4n) is 3.18. The molecule has 0 spiro atoms. The van der Waals surface area contributed by atoms with E-state index in [0.717, 1.165) is 15.7 Å². The van der Waals surface area contributed by atoms with E-state index in [1.165, 1.54) is 0 Å². The first-order valence-corrected chi connectivity index (χ1v) is 10.9. The van der Waals surface area contributed by atoms with Gasteiger partial charge in [-0.1, -0.05) is 28.1 Å². The van der Waals surface area contributed by atoms with Crippen molar-refractivity contribution in [3.8, 4) is 0 Å². The molecule has 1 aliphatic rings. The van der Waals surface area contributed by atoms with E-state index < -0.39 is 12.0 Å². The molecule has 1 heterocycles. The standard InChI is InChI=1S/C22H23BrN4O3S/c1-4-30-20(28)18-13(2)27(3)22(31)26-19(18)14-6-5-7-17(12-14)25-21(29)24-16-10-8-15(23)9-11-16/h5-12,19H,4H2,1-3H3,(H,26,31)(H2,24,25,29). The van der Waals surface area contributed by atoms with Crippen LogP contribution < -0.4 is 16.0 Å². The van der Waals surface area contributed by atoms with Crippen molar-refractivity contribution < 1.29 is 14.3 Å². The summed E-state index contributed by atoms with van der Waals surface area (Å²) in [7, 11) is 1.80. The van der Waals surface area contributed by atoms with Crippen LogP contribution in [-0.2, 0) is 9.53 Å². The van der Waals surface area contributed by atoms with Crippen LogP contribution in [0, 0.1) is 0 Å². The van der Waals surface area contributed by atoms with E-state index in [9.17, 15) is 9.59 Å². The van der Waals surface area contributed by atoms with Crippen LogP contribution in [0.2, 0.25) is 0 Å². The van der Waals surface area contributed by atoms with E-state index in [0.29, 0.717) is 22.1 Å². The van der Waals surface area contributed by atoms with E-state index in [-0.39, 0.29) is 12.6 Å². The number of urea groups is 1. The maximum atomic E-state index is 12.7. The summed E-state index contributed by atoms with van der Waals surface area (Å²) in [4.78, 5) is 26.8. The summed E-state index contributed by atoms with van der Waals surface area (Å²) >= 11 is 8.78. The minimum Gasteiger partial charge on any atom is -0.463 e. The Labute approximate surface area is 195 Å². The van der Waals surface area contributed by atoms with E-state index in [1.54, 1.807) is 43.1 Å². The number of thiocarbonyl (C=S) groups is 1. The van der Waals surface area contributed by atoms with Gasteiger partial charge in [-0.2, -0.15) is 0 Å². The Hall–Kier alpha value is -2.91. The first-order valence-electron chi connectivity index (χ1n) is 9.65. The van der Waals surface area contributed by atoms with Gasteiger partial charge in [-0.3, -0.25) is 0 Å². The Morgan fingerprint density at radius 1 is 1.16 bits per heavy atom. The number of amides is 2. The smallest absolute Gasteiger partial charge is 0.338 e. The molecule has 0 fully saturated rings. The van der Waals surface area contributed by atoms with Gasteiger partial charge in [0.2, 0.25) is 0 Å². The number of rotatable bonds is 5. The van der Waals surface area contributed by atoms with Crippen LogP contribution in [0.3, 0.4) is 0 Å². The lowest BCUT2D eigenvalue weighted by Crippen LogP contribution is -2.46. The number of carbonyl (C=O) groups excluding carboxylic acids is 2. The first-order chi connectivity index (χ1) is 14.8. The highest BCUT2D eigenvalue weighted by Gasteiger charge is 2.33. The number of carbonyl (C=O) groups is 2. The maximum Gasteiger partial charge on any atom is 0.338 e. The fourth-order valence-corrected chi connectivity index (χ4v) is 3.70. The normalized spacial score (nSPS) is 15.9. The number of halogens is 1. The fraction of sp³-hybridized carbons (Fsp3) is 0.227. The highest BCUT2D eigenvalue weighted by atomic mass is 79.9. The summed E-state index contributed by atoms with van der Waals surface area (Å²) in [6.45, 7) is 3.87. The van der Waals surface area contributed by atoms with Crippen molar-refractivity contribution in [3.05, 3.63) is 69.8 Å². The van der Waals surface area contributed by atoms with E-state index in [2.05, 4.69) is 31.9 Å². The lowest BCUT2D eigenvalue weighted by molar-refractivity contribution is -0.139. The Morgan fingerprint density at radius 2 is 1.84 bits per heavy atom. The summed E-state index contributed by atoms with van der Waals surface area (Å²) in [5.41, 5.74) is 3.23. The van der Waals surface area contributed by atoms with Gasteiger partial charge in [0, 0.05) is 28.6 Å². The molecule has 31 heavy (non-hydrogen) atoms. The van der Waals surface area contributed by atoms with Gasteiger partial charge >= 0.3 is 12.0 Å². The second-order valence-corrected chi connectivity index (χ2v) is 8.17. The minimum absolute atomic E-state index is 0.272. The number of ether oxygens (including phenoxy) is 1. The zero-order chi connectivity index (χ0) is 22.5. The Morgan fingerprint density at radius 3 is 2.52 bits per heavy atom. The monoisotopic (exact) mass is 502 g/mol. The van der Waals surface area contributed by atoms with E-state index in [1.807, 2.05) is 31.2 Å². The average Bonchev–Trinajstić information content (AvgIpc) is 2.73. The van der Waals surface area contributed by atoms with Crippen LogP contribution in [0.4, 0.5) is 16.2 Å². The molecule has 1 unspecified atom stereocenters. The predicted octanol–water partition coefficient (Wildman–Crippen LogP) is 4.79. The zero-order valence-electron chi connectivity index (χ0n) is 17.4.